The van der Waals surface area contributed by atoms with Crippen LogP contribution in [0.25, 0.3) is 5.57 Å². The molecule has 1 unspecified atom stereocenters. The summed E-state index contributed by atoms with van der Waals surface area (Å²) < 4.78 is 0. The first kappa shape index (κ1) is 8.77. The number of hydrogen-bond acceptors (Lipinski definition) is 3. The number of carbonyl (C=O) groups excluding carboxylic acids is 1. The van der Waals surface area contributed by atoms with Gasteiger partial charge in [-0.1, -0.05) is 30.3 Å². The van der Waals surface area contributed by atoms with Crippen molar-refractivity contribution in [2.75, 3.05) is 0 Å². The summed E-state index contributed by atoms with van der Waals surface area (Å²) >= 11 is 0. The lowest BCUT2D eigenvalue weighted by Gasteiger charge is -2.20. The number of carbonyl (C=O) groups is 1. The van der Waals surface area contributed by atoms with E-state index in [-0.39, 0.29) is 5.91 Å². The van der Waals surface area contributed by atoms with Crippen molar-refractivity contribution >= 4 is 11.5 Å². The fraction of sp³-hybridized carbons (Fsp3) is 0.100. The molecule has 2 rings (SSSR count). The molecule has 3 N–H and O–H groups in total. The van der Waals surface area contributed by atoms with Crippen LogP contribution >= 0.6 is 0 Å². The summed E-state index contributed by atoms with van der Waals surface area (Å²) in [6.07, 6.45) is 0.522. The summed E-state index contributed by atoms with van der Waals surface area (Å²) in [5.41, 5.74) is 1.35. The van der Waals surface area contributed by atoms with E-state index < -0.39 is 6.35 Å². The average Bonchev–Trinajstić information content (AvgIpc) is 2.19. The number of aliphatic hydroxyl groups excluding tert-OH is 1. The third-order valence-electron chi connectivity index (χ3n) is 1.98. The second kappa shape index (κ2) is 3.51. The first-order chi connectivity index (χ1) is 6.77. The van der Waals surface area contributed by atoms with Crippen molar-refractivity contribution in [3.8, 4) is 0 Å². The van der Waals surface area contributed by atoms with Crippen LogP contribution in [0.1, 0.15) is 5.56 Å². The number of aliphatic hydroxyl groups is 1. The van der Waals surface area contributed by atoms with E-state index in [0.29, 0.717) is 5.57 Å². The first-order valence-electron chi connectivity index (χ1n) is 4.28. The first-order valence-corrected chi connectivity index (χ1v) is 4.28. The maximum absolute atomic E-state index is 11.4. The molecule has 0 fully saturated rings. The molecule has 0 aliphatic carbocycles. The maximum Gasteiger partial charge on any atom is 0.256 e. The minimum absolute atomic E-state index is 0.276. The molecule has 0 saturated heterocycles. The minimum Gasteiger partial charge on any atom is -0.356 e. The predicted molar refractivity (Wildman–Crippen MR) is 51.7 cm³/mol. The fourth-order valence-electron chi connectivity index (χ4n) is 1.30. The smallest absolute Gasteiger partial charge is 0.256 e. The highest BCUT2D eigenvalue weighted by molar-refractivity contribution is 6.19. The lowest BCUT2D eigenvalue weighted by Crippen LogP contribution is -2.47. The SMILES string of the molecule is O=C1NC(O)NC=C1c1ccccc1. The van der Waals surface area contributed by atoms with Crippen molar-refractivity contribution in [1.29, 1.82) is 0 Å². The van der Waals surface area contributed by atoms with Crippen LogP contribution in [-0.2, 0) is 4.79 Å². The van der Waals surface area contributed by atoms with E-state index >= 15 is 0 Å². The fourth-order valence-corrected chi connectivity index (χ4v) is 1.30. The Balaban J connectivity index is 2.32. The number of rotatable bonds is 1. The van der Waals surface area contributed by atoms with E-state index in [2.05, 4.69) is 10.6 Å². The Hall–Kier alpha value is -1.81. The molecule has 1 heterocycles. The van der Waals surface area contributed by atoms with E-state index in [4.69, 9.17) is 5.11 Å². The minimum atomic E-state index is -0.991. The second-order valence-electron chi connectivity index (χ2n) is 2.97. The van der Waals surface area contributed by atoms with Crippen molar-refractivity contribution in [3.63, 3.8) is 0 Å². The molecule has 0 radical (unpaired) electrons. The Morgan fingerprint density at radius 3 is 2.57 bits per heavy atom. The lowest BCUT2D eigenvalue weighted by atomic mass is 10.1. The standard InChI is InChI=1S/C10H10N2O2/c13-9-8(6-11-10(14)12-9)7-4-2-1-3-5-7/h1-6,10-11,14H,(H,12,13). The van der Waals surface area contributed by atoms with Gasteiger partial charge in [0.05, 0.1) is 5.57 Å². The van der Waals surface area contributed by atoms with Gasteiger partial charge in [0.2, 0.25) is 6.35 Å². The highest BCUT2D eigenvalue weighted by Crippen LogP contribution is 2.14. The van der Waals surface area contributed by atoms with Crippen molar-refractivity contribution in [2.45, 2.75) is 6.35 Å². The lowest BCUT2D eigenvalue weighted by molar-refractivity contribution is -0.119. The molecule has 4 nitrogen and oxygen atoms in total. The van der Waals surface area contributed by atoms with Gasteiger partial charge in [-0.15, -0.1) is 0 Å². The Bertz CT molecular complexity index is 373. The topological polar surface area (TPSA) is 61.4 Å². The van der Waals surface area contributed by atoms with Crippen molar-refractivity contribution in [3.05, 3.63) is 42.1 Å². The van der Waals surface area contributed by atoms with Crippen molar-refractivity contribution in [1.82, 2.24) is 10.6 Å². The molecule has 1 aliphatic heterocycles. The third-order valence-corrected chi connectivity index (χ3v) is 1.98. The quantitative estimate of drug-likeness (QED) is 0.585. The molecule has 0 saturated carbocycles. The van der Waals surface area contributed by atoms with E-state index in [1.807, 2.05) is 30.3 Å². The number of benzene rings is 1. The zero-order chi connectivity index (χ0) is 9.97. The van der Waals surface area contributed by atoms with Crippen LogP contribution in [0.4, 0.5) is 0 Å². The van der Waals surface area contributed by atoms with Crippen LogP contribution in [-0.4, -0.2) is 17.4 Å². The molecule has 1 aliphatic rings. The highest BCUT2D eigenvalue weighted by Gasteiger charge is 2.18. The van der Waals surface area contributed by atoms with E-state index in [9.17, 15) is 4.79 Å². The molecule has 0 bridgehead atoms. The van der Waals surface area contributed by atoms with Crippen LogP contribution in [0.5, 0.6) is 0 Å². The van der Waals surface area contributed by atoms with Crippen LogP contribution in [0.3, 0.4) is 0 Å². The Kier molecular flexibility index (Phi) is 2.20. The van der Waals surface area contributed by atoms with Crippen LogP contribution in [0, 0.1) is 0 Å². The van der Waals surface area contributed by atoms with Gasteiger partial charge in [0.15, 0.2) is 0 Å². The summed E-state index contributed by atoms with van der Waals surface area (Å²) in [5, 5.41) is 14.0. The second-order valence-corrected chi connectivity index (χ2v) is 2.97. The van der Waals surface area contributed by atoms with Gasteiger partial charge in [-0.05, 0) is 5.56 Å². The third kappa shape index (κ3) is 1.60. The van der Waals surface area contributed by atoms with Gasteiger partial charge in [0.25, 0.3) is 5.91 Å². The molecule has 0 aromatic heterocycles. The molecule has 1 amide bonds. The van der Waals surface area contributed by atoms with Gasteiger partial charge in [-0.2, -0.15) is 0 Å². The average molecular weight is 190 g/mol. The summed E-state index contributed by atoms with van der Waals surface area (Å²) in [6.45, 7) is 0. The largest absolute Gasteiger partial charge is 0.356 e. The van der Waals surface area contributed by atoms with Crippen LogP contribution in [0.2, 0.25) is 0 Å². The Morgan fingerprint density at radius 1 is 1.21 bits per heavy atom. The maximum atomic E-state index is 11.4. The molecule has 4 heteroatoms. The molecule has 14 heavy (non-hydrogen) atoms. The summed E-state index contributed by atoms with van der Waals surface area (Å²) in [7, 11) is 0. The Morgan fingerprint density at radius 2 is 1.93 bits per heavy atom. The summed E-state index contributed by atoms with van der Waals surface area (Å²) in [5.74, 6) is -0.276. The Labute approximate surface area is 81.3 Å². The van der Waals surface area contributed by atoms with Crippen molar-refractivity contribution in [2.24, 2.45) is 0 Å². The van der Waals surface area contributed by atoms with E-state index in [0.717, 1.165) is 5.56 Å². The van der Waals surface area contributed by atoms with Crippen LogP contribution < -0.4 is 10.6 Å². The number of hydrogen-bond donors (Lipinski definition) is 3. The molecular weight excluding hydrogens is 180 g/mol. The zero-order valence-electron chi connectivity index (χ0n) is 7.40. The highest BCUT2D eigenvalue weighted by atomic mass is 16.3. The number of amides is 1. The van der Waals surface area contributed by atoms with Gasteiger partial charge in [-0.25, -0.2) is 0 Å². The molecule has 0 spiro atoms. The molecule has 1 atom stereocenters. The van der Waals surface area contributed by atoms with Gasteiger partial charge in [-0.3, -0.25) is 4.79 Å². The van der Waals surface area contributed by atoms with Gasteiger partial charge in [0.1, 0.15) is 0 Å². The zero-order valence-corrected chi connectivity index (χ0v) is 7.40. The monoisotopic (exact) mass is 190 g/mol. The van der Waals surface area contributed by atoms with Crippen LogP contribution in [0.15, 0.2) is 36.5 Å². The van der Waals surface area contributed by atoms with Gasteiger partial charge < -0.3 is 15.7 Å². The predicted octanol–water partition coefficient (Wildman–Crippen LogP) is 0.0228. The normalized spacial score (nSPS) is 20.8. The summed E-state index contributed by atoms with van der Waals surface area (Å²) in [4.78, 5) is 11.4. The molecule has 1 aromatic rings. The van der Waals surface area contributed by atoms with E-state index in [1.54, 1.807) is 0 Å². The summed E-state index contributed by atoms with van der Waals surface area (Å²) in [6, 6.07) is 9.27. The molecular formula is C10H10N2O2. The van der Waals surface area contributed by atoms with Gasteiger partial charge in [0, 0.05) is 6.20 Å². The molecule has 72 valence electrons. The van der Waals surface area contributed by atoms with Gasteiger partial charge >= 0.3 is 0 Å². The number of nitrogens with one attached hydrogen (secondary N) is 2. The van der Waals surface area contributed by atoms with E-state index in [1.165, 1.54) is 6.20 Å². The van der Waals surface area contributed by atoms with Crippen molar-refractivity contribution < 1.29 is 9.90 Å². The molecule has 1 aromatic carbocycles.